The van der Waals surface area contributed by atoms with Gasteiger partial charge in [0.2, 0.25) is 0 Å². The van der Waals surface area contributed by atoms with E-state index < -0.39 is 0 Å². The van der Waals surface area contributed by atoms with Crippen molar-refractivity contribution in [3.63, 3.8) is 0 Å². The maximum absolute atomic E-state index is 6.02. The minimum atomic E-state index is 0.761. The van der Waals surface area contributed by atoms with Crippen molar-refractivity contribution in [1.82, 2.24) is 10.3 Å². The highest BCUT2D eigenvalue weighted by molar-refractivity contribution is 6.31. The highest BCUT2D eigenvalue weighted by Crippen LogP contribution is 2.44. The number of halogens is 1. The third-order valence-corrected chi connectivity index (χ3v) is 4.75. The van der Waals surface area contributed by atoms with Crippen molar-refractivity contribution in [3.8, 4) is 0 Å². The molecule has 3 heteroatoms. The van der Waals surface area contributed by atoms with Gasteiger partial charge in [0.05, 0.1) is 0 Å². The van der Waals surface area contributed by atoms with E-state index in [4.69, 9.17) is 11.6 Å². The monoisotopic (exact) mass is 274 g/mol. The predicted molar refractivity (Wildman–Crippen MR) is 79.4 cm³/mol. The van der Waals surface area contributed by atoms with E-state index in [1.807, 2.05) is 12.1 Å². The van der Waals surface area contributed by atoms with Gasteiger partial charge in [0.1, 0.15) is 0 Å². The number of rotatable bonds is 5. The smallest absolute Gasteiger partial charge is 0.0472 e. The molecule has 4 rings (SSSR count). The molecule has 0 radical (unpaired) electrons. The van der Waals surface area contributed by atoms with Crippen molar-refractivity contribution in [2.45, 2.75) is 38.3 Å². The Kier molecular flexibility index (Phi) is 2.82. The van der Waals surface area contributed by atoms with Crippen LogP contribution in [0, 0.1) is 11.8 Å². The molecule has 0 spiro atoms. The molecule has 0 atom stereocenters. The van der Waals surface area contributed by atoms with Crippen molar-refractivity contribution in [2.75, 3.05) is 0 Å². The predicted octanol–water partition coefficient (Wildman–Crippen LogP) is 4.10. The number of fused-ring (bicyclic) bond motifs is 1. The quantitative estimate of drug-likeness (QED) is 0.844. The molecule has 19 heavy (non-hydrogen) atoms. The Morgan fingerprint density at radius 2 is 1.95 bits per heavy atom. The molecule has 1 heterocycles. The maximum Gasteiger partial charge on any atom is 0.0472 e. The van der Waals surface area contributed by atoms with Crippen LogP contribution in [0.15, 0.2) is 24.4 Å². The van der Waals surface area contributed by atoms with Gasteiger partial charge in [-0.2, -0.15) is 0 Å². The molecule has 2 fully saturated rings. The zero-order valence-electron chi connectivity index (χ0n) is 11.0. The molecule has 100 valence electrons. The molecule has 2 aliphatic rings. The van der Waals surface area contributed by atoms with Crippen molar-refractivity contribution < 1.29 is 0 Å². The van der Waals surface area contributed by atoms with Crippen LogP contribution in [0.25, 0.3) is 10.9 Å². The SMILES string of the molecule is Clc1ccc2c(CNC(C3CC3)C3CC3)c[nH]c2c1. The molecular weight excluding hydrogens is 256 g/mol. The molecule has 2 saturated carbocycles. The average molecular weight is 275 g/mol. The molecule has 1 aromatic heterocycles. The Morgan fingerprint density at radius 1 is 1.21 bits per heavy atom. The molecule has 1 aromatic carbocycles. The zero-order chi connectivity index (χ0) is 12.8. The maximum atomic E-state index is 6.02. The van der Waals surface area contributed by atoms with Gasteiger partial charge >= 0.3 is 0 Å². The fraction of sp³-hybridized carbons (Fsp3) is 0.500. The summed E-state index contributed by atoms with van der Waals surface area (Å²) in [5.41, 5.74) is 2.50. The molecule has 0 bridgehead atoms. The molecule has 0 aliphatic heterocycles. The first-order chi connectivity index (χ1) is 9.31. The largest absolute Gasteiger partial charge is 0.361 e. The lowest BCUT2D eigenvalue weighted by Gasteiger charge is -2.17. The molecule has 0 amide bonds. The number of nitrogens with one attached hydrogen (secondary N) is 2. The van der Waals surface area contributed by atoms with Gasteiger partial charge in [0.15, 0.2) is 0 Å². The number of hydrogen-bond acceptors (Lipinski definition) is 1. The standard InChI is InChI=1S/C16H19ClN2/c17-13-5-6-14-12(8-18-15(14)7-13)9-19-16(10-1-2-10)11-3-4-11/h5-8,10-11,16,18-19H,1-4,9H2. The molecule has 2 N–H and O–H groups in total. The van der Waals surface area contributed by atoms with Gasteiger partial charge in [-0.25, -0.2) is 0 Å². The van der Waals surface area contributed by atoms with Crippen LogP contribution < -0.4 is 5.32 Å². The normalized spacial score (nSPS) is 19.5. The van der Waals surface area contributed by atoms with E-state index in [-0.39, 0.29) is 0 Å². The van der Waals surface area contributed by atoms with Crippen molar-refractivity contribution >= 4 is 22.5 Å². The lowest BCUT2D eigenvalue weighted by Crippen LogP contribution is -2.32. The van der Waals surface area contributed by atoms with Gasteiger partial charge in [0, 0.05) is 34.7 Å². The van der Waals surface area contributed by atoms with E-state index in [0.717, 1.165) is 35.0 Å². The Hall–Kier alpha value is -0.990. The third-order valence-electron chi connectivity index (χ3n) is 4.52. The van der Waals surface area contributed by atoms with Crippen LogP contribution in [0.1, 0.15) is 31.2 Å². The minimum absolute atomic E-state index is 0.761. The Morgan fingerprint density at radius 3 is 2.63 bits per heavy atom. The van der Waals surface area contributed by atoms with Crippen molar-refractivity contribution in [2.24, 2.45) is 11.8 Å². The van der Waals surface area contributed by atoms with E-state index in [0.29, 0.717) is 0 Å². The van der Waals surface area contributed by atoms with Crippen LogP contribution in [0.4, 0.5) is 0 Å². The third kappa shape index (κ3) is 2.39. The first-order valence-corrected chi connectivity index (χ1v) is 7.68. The van der Waals surface area contributed by atoms with Gasteiger partial charge in [-0.3, -0.25) is 0 Å². The molecule has 2 aromatic rings. The molecule has 2 nitrogen and oxygen atoms in total. The highest BCUT2D eigenvalue weighted by atomic mass is 35.5. The lowest BCUT2D eigenvalue weighted by atomic mass is 10.1. The summed E-state index contributed by atoms with van der Waals surface area (Å²) in [5.74, 6) is 1.90. The second-order valence-electron chi connectivity index (χ2n) is 6.09. The molecular formula is C16H19ClN2. The van der Waals surface area contributed by atoms with Crippen LogP contribution in [0.3, 0.4) is 0 Å². The van der Waals surface area contributed by atoms with Crippen molar-refractivity contribution in [1.29, 1.82) is 0 Å². The van der Waals surface area contributed by atoms with Crippen molar-refractivity contribution in [3.05, 3.63) is 35.0 Å². The Bertz CT molecular complexity index is 584. The summed E-state index contributed by atoms with van der Waals surface area (Å²) in [4.78, 5) is 3.32. The van der Waals surface area contributed by atoms with Crippen LogP contribution >= 0.6 is 11.6 Å². The summed E-state index contributed by atoms with van der Waals surface area (Å²) >= 11 is 6.02. The number of H-pyrrole nitrogens is 1. The van der Waals surface area contributed by atoms with Gasteiger partial charge in [-0.1, -0.05) is 17.7 Å². The summed E-state index contributed by atoms with van der Waals surface area (Å²) < 4.78 is 0. The second-order valence-corrected chi connectivity index (χ2v) is 6.52. The van der Waals surface area contributed by atoms with Crippen LogP contribution in [-0.4, -0.2) is 11.0 Å². The van der Waals surface area contributed by atoms with Gasteiger partial charge in [-0.15, -0.1) is 0 Å². The fourth-order valence-corrected chi connectivity index (χ4v) is 3.33. The van der Waals surface area contributed by atoms with Crippen LogP contribution in [0.5, 0.6) is 0 Å². The Labute approximate surface area is 118 Å². The van der Waals surface area contributed by atoms with Gasteiger partial charge in [-0.05, 0) is 55.2 Å². The van der Waals surface area contributed by atoms with E-state index in [9.17, 15) is 0 Å². The second kappa shape index (κ2) is 4.53. The average Bonchev–Trinajstić information content (AvgIpc) is 3.29. The minimum Gasteiger partial charge on any atom is -0.361 e. The highest BCUT2D eigenvalue weighted by Gasteiger charge is 2.40. The molecule has 2 aliphatic carbocycles. The van der Waals surface area contributed by atoms with Crippen LogP contribution in [0.2, 0.25) is 5.02 Å². The fourth-order valence-electron chi connectivity index (χ4n) is 3.16. The molecule has 0 unspecified atom stereocenters. The number of aromatic nitrogens is 1. The lowest BCUT2D eigenvalue weighted by molar-refractivity contribution is 0.416. The molecule has 0 saturated heterocycles. The summed E-state index contributed by atoms with van der Waals surface area (Å²) in [5, 5.41) is 5.89. The number of hydrogen-bond donors (Lipinski definition) is 2. The van der Waals surface area contributed by atoms with Gasteiger partial charge in [0.25, 0.3) is 0 Å². The summed E-state index contributed by atoms with van der Waals surface area (Å²) in [7, 11) is 0. The number of aromatic amines is 1. The van der Waals surface area contributed by atoms with E-state index in [1.165, 1.54) is 36.6 Å². The number of benzene rings is 1. The summed E-state index contributed by atoms with van der Waals surface area (Å²) in [6, 6.07) is 6.85. The Balaban J connectivity index is 1.51. The topological polar surface area (TPSA) is 27.8 Å². The summed E-state index contributed by atoms with van der Waals surface area (Å²) in [6.45, 7) is 0.972. The van der Waals surface area contributed by atoms with Gasteiger partial charge < -0.3 is 10.3 Å². The zero-order valence-corrected chi connectivity index (χ0v) is 11.7. The van der Waals surface area contributed by atoms with Crippen LogP contribution in [-0.2, 0) is 6.54 Å². The van der Waals surface area contributed by atoms with E-state index >= 15 is 0 Å². The first kappa shape index (κ1) is 11.8. The van der Waals surface area contributed by atoms with E-state index in [1.54, 1.807) is 0 Å². The van der Waals surface area contributed by atoms with E-state index in [2.05, 4.69) is 22.6 Å². The summed E-state index contributed by atoms with van der Waals surface area (Å²) in [6.07, 6.45) is 7.83. The first-order valence-electron chi connectivity index (χ1n) is 7.30.